The number of hydrogen-bond acceptors (Lipinski definition) is 2. The Kier molecular flexibility index (Phi) is 8.24. The lowest BCUT2D eigenvalue weighted by Crippen LogP contribution is -2.36. The van der Waals surface area contributed by atoms with Gasteiger partial charge in [0.1, 0.15) is 0 Å². The van der Waals surface area contributed by atoms with Crippen LogP contribution in [0.15, 0.2) is 224 Å². The number of rotatable bonds is 6. The van der Waals surface area contributed by atoms with E-state index in [1.54, 1.807) is 0 Å². The minimum atomic E-state index is -0.563. The lowest BCUT2D eigenvalue weighted by atomic mass is 9.64. The zero-order chi connectivity index (χ0) is 40.3. The van der Waals surface area contributed by atoms with Crippen LogP contribution in [0.1, 0.15) is 39.8 Å². The first-order valence-corrected chi connectivity index (χ1v) is 21.4. The van der Waals surface area contributed by atoms with Gasteiger partial charge in [-0.2, -0.15) is 0 Å². The Balaban J connectivity index is 1.14. The SMILES string of the molecule is C1=Cc2ccc(N(c3ccc4c(c3)C3(c5ccccc5-4)c4ccccc4N(c4ccccc4)c4ccccc43)c3ccccc3-c3ccccc3-c3ccccc3)cc2CC1. The lowest BCUT2D eigenvalue weighted by molar-refractivity contribution is 0.752. The Morgan fingerprint density at radius 3 is 1.72 bits per heavy atom. The number of benzene rings is 9. The van der Waals surface area contributed by atoms with Crippen LogP contribution in [-0.4, -0.2) is 0 Å². The highest BCUT2D eigenvalue weighted by molar-refractivity contribution is 5.98. The van der Waals surface area contributed by atoms with Crippen molar-refractivity contribution in [3.05, 3.63) is 258 Å². The normalized spacial score (nSPS) is 13.8. The molecule has 0 fully saturated rings. The summed E-state index contributed by atoms with van der Waals surface area (Å²) in [5, 5.41) is 0. The molecule has 9 aromatic rings. The number of para-hydroxylation sites is 4. The van der Waals surface area contributed by atoms with Crippen LogP contribution in [0.25, 0.3) is 39.5 Å². The maximum absolute atomic E-state index is 2.52. The monoisotopic (exact) mass is 778 g/mol. The molecule has 0 aromatic heterocycles. The van der Waals surface area contributed by atoms with Crippen LogP contribution in [0, 0.1) is 0 Å². The minimum absolute atomic E-state index is 0.563. The van der Waals surface area contributed by atoms with Crippen LogP contribution in [0.2, 0.25) is 0 Å². The largest absolute Gasteiger partial charge is 0.310 e. The van der Waals surface area contributed by atoms with Gasteiger partial charge in [-0.25, -0.2) is 0 Å². The van der Waals surface area contributed by atoms with Crippen molar-refractivity contribution in [2.24, 2.45) is 0 Å². The van der Waals surface area contributed by atoms with Crippen molar-refractivity contribution in [1.82, 2.24) is 0 Å². The number of allylic oxidation sites excluding steroid dienone is 1. The molecule has 0 saturated heterocycles. The van der Waals surface area contributed by atoms with Gasteiger partial charge in [0.2, 0.25) is 0 Å². The molecule has 0 atom stereocenters. The van der Waals surface area contributed by atoms with Gasteiger partial charge in [-0.3, -0.25) is 0 Å². The number of anilines is 6. The van der Waals surface area contributed by atoms with Crippen LogP contribution in [0.4, 0.5) is 34.1 Å². The highest BCUT2D eigenvalue weighted by atomic mass is 15.2. The molecule has 0 radical (unpaired) electrons. The van der Waals surface area contributed by atoms with Gasteiger partial charge < -0.3 is 9.80 Å². The third-order valence-electron chi connectivity index (χ3n) is 13.1. The van der Waals surface area contributed by atoms with Crippen molar-refractivity contribution >= 4 is 40.2 Å². The van der Waals surface area contributed by atoms with Crippen molar-refractivity contribution < 1.29 is 0 Å². The maximum atomic E-state index is 2.52. The van der Waals surface area contributed by atoms with Crippen molar-refractivity contribution in [2.45, 2.75) is 18.3 Å². The van der Waals surface area contributed by atoms with Crippen LogP contribution in [0.5, 0.6) is 0 Å². The van der Waals surface area contributed by atoms with E-state index in [0.29, 0.717) is 0 Å². The van der Waals surface area contributed by atoms with Crippen molar-refractivity contribution in [3.63, 3.8) is 0 Å². The van der Waals surface area contributed by atoms with Gasteiger partial charge >= 0.3 is 0 Å². The average molecular weight is 779 g/mol. The molecule has 0 unspecified atom stereocenters. The fourth-order valence-electron chi connectivity index (χ4n) is 10.6. The third kappa shape index (κ3) is 5.42. The summed E-state index contributed by atoms with van der Waals surface area (Å²) < 4.78 is 0. The van der Waals surface area contributed by atoms with E-state index in [9.17, 15) is 0 Å². The van der Waals surface area contributed by atoms with Gasteiger partial charge in [0.05, 0.1) is 22.5 Å². The van der Waals surface area contributed by atoms with E-state index >= 15 is 0 Å². The minimum Gasteiger partial charge on any atom is -0.310 e. The quantitative estimate of drug-likeness (QED) is 0.166. The molecule has 288 valence electrons. The van der Waals surface area contributed by atoms with E-state index in [2.05, 4.69) is 240 Å². The first-order valence-electron chi connectivity index (χ1n) is 21.4. The molecular formula is C59H42N2. The summed E-state index contributed by atoms with van der Waals surface area (Å²) in [5.74, 6) is 0. The number of nitrogens with zero attached hydrogens (tertiary/aromatic N) is 2. The van der Waals surface area contributed by atoms with E-state index in [1.807, 2.05) is 0 Å². The van der Waals surface area contributed by atoms with E-state index < -0.39 is 5.41 Å². The van der Waals surface area contributed by atoms with Gasteiger partial charge in [0, 0.05) is 22.6 Å². The molecule has 61 heavy (non-hydrogen) atoms. The Morgan fingerprint density at radius 2 is 0.967 bits per heavy atom. The molecule has 12 rings (SSSR count). The summed E-state index contributed by atoms with van der Waals surface area (Å²) in [6, 6.07) is 81.0. The van der Waals surface area contributed by atoms with Crippen LogP contribution >= 0.6 is 0 Å². The summed E-state index contributed by atoms with van der Waals surface area (Å²) in [6.45, 7) is 0. The average Bonchev–Trinajstić information content (AvgIpc) is 3.62. The number of hydrogen-bond donors (Lipinski definition) is 0. The zero-order valence-electron chi connectivity index (χ0n) is 33.7. The van der Waals surface area contributed by atoms with E-state index in [1.165, 1.54) is 78.1 Å². The second-order valence-corrected chi connectivity index (χ2v) is 16.3. The van der Waals surface area contributed by atoms with E-state index in [0.717, 1.165) is 35.6 Å². The summed E-state index contributed by atoms with van der Waals surface area (Å²) in [5.41, 5.74) is 21.6. The Morgan fingerprint density at radius 1 is 0.410 bits per heavy atom. The topological polar surface area (TPSA) is 6.48 Å². The molecule has 0 amide bonds. The van der Waals surface area contributed by atoms with Crippen LogP contribution < -0.4 is 9.80 Å². The highest BCUT2D eigenvalue weighted by Gasteiger charge is 2.51. The van der Waals surface area contributed by atoms with Crippen LogP contribution in [-0.2, 0) is 11.8 Å². The Hall–Kier alpha value is -7.68. The molecule has 0 N–H and O–H groups in total. The highest BCUT2D eigenvalue weighted by Crippen LogP contribution is 2.64. The standard InChI is InChI=1S/C59H42N2/c1-3-20-42(21-4-1)47-25-9-10-26-48(47)51-28-12-16-32-56(51)60(45-36-35-41-19-7-8-22-43(41)39-45)46-37-38-50-49-27-11-13-29-52(49)59(55(50)40-46)53-30-14-17-33-57(53)61(44-23-5-2-6-24-44)58-34-18-15-31-54(58)59/h1-7,9-21,23-40H,8,22H2. The molecule has 2 nitrogen and oxygen atoms in total. The molecule has 2 heteroatoms. The summed E-state index contributed by atoms with van der Waals surface area (Å²) in [4.78, 5) is 4.97. The van der Waals surface area contributed by atoms with Crippen molar-refractivity contribution in [1.29, 1.82) is 0 Å². The molecule has 1 spiro atoms. The van der Waals surface area contributed by atoms with Gasteiger partial charge in [-0.1, -0.05) is 176 Å². The third-order valence-corrected chi connectivity index (χ3v) is 13.1. The molecule has 9 aromatic carbocycles. The fourth-order valence-corrected chi connectivity index (χ4v) is 10.6. The van der Waals surface area contributed by atoms with Gasteiger partial charge in [0.25, 0.3) is 0 Å². The maximum Gasteiger partial charge on any atom is 0.0755 e. The second-order valence-electron chi connectivity index (χ2n) is 16.3. The molecule has 1 heterocycles. The molecule has 2 aliphatic carbocycles. The van der Waals surface area contributed by atoms with E-state index in [-0.39, 0.29) is 0 Å². The predicted molar refractivity (Wildman–Crippen MR) is 255 cm³/mol. The molecule has 0 bridgehead atoms. The van der Waals surface area contributed by atoms with Gasteiger partial charge in [-0.05, 0) is 129 Å². The molecule has 0 saturated carbocycles. The fraction of sp³-hybridized carbons (Fsp3) is 0.0508. The van der Waals surface area contributed by atoms with Crippen molar-refractivity contribution in [3.8, 4) is 33.4 Å². The zero-order valence-corrected chi connectivity index (χ0v) is 33.7. The van der Waals surface area contributed by atoms with Gasteiger partial charge in [-0.15, -0.1) is 0 Å². The van der Waals surface area contributed by atoms with E-state index in [4.69, 9.17) is 0 Å². The Labute approximate surface area is 358 Å². The lowest BCUT2D eigenvalue weighted by Gasteiger charge is -2.45. The first-order chi connectivity index (χ1) is 30.3. The van der Waals surface area contributed by atoms with Crippen molar-refractivity contribution in [2.75, 3.05) is 9.80 Å². The summed E-state index contributed by atoms with van der Waals surface area (Å²) >= 11 is 0. The predicted octanol–water partition coefficient (Wildman–Crippen LogP) is 15.6. The summed E-state index contributed by atoms with van der Waals surface area (Å²) in [7, 11) is 0. The second kappa shape index (κ2) is 14.3. The van der Waals surface area contributed by atoms with Gasteiger partial charge in [0.15, 0.2) is 0 Å². The number of aryl methyl sites for hydroxylation is 1. The molecule has 1 aliphatic heterocycles. The number of fused-ring (bicyclic) bond motifs is 10. The Bertz CT molecular complexity index is 3110. The first kappa shape index (κ1) is 35.3. The van der Waals surface area contributed by atoms with Crippen LogP contribution in [0.3, 0.4) is 0 Å². The molecule has 3 aliphatic rings. The summed E-state index contributed by atoms with van der Waals surface area (Å²) in [6.07, 6.45) is 6.66. The smallest absolute Gasteiger partial charge is 0.0755 e. The molecular weight excluding hydrogens is 737 g/mol.